The zero-order valence-electron chi connectivity index (χ0n) is 18.6. The third-order valence-corrected chi connectivity index (χ3v) is 5.86. The van der Waals surface area contributed by atoms with Gasteiger partial charge in [-0.05, 0) is 72.3 Å². The van der Waals surface area contributed by atoms with Crippen LogP contribution in [-0.4, -0.2) is 25.3 Å². The monoisotopic (exact) mass is 460 g/mol. The number of hydrogen-bond acceptors (Lipinski definition) is 6. The van der Waals surface area contributed by atoms with Gasteiger partial charge in [0.2, 0.25) is 0 Å². The number of benzene rings is 3. The predicted molar refractivity (Wildman–Crippen MR) is 132 cm³/mol. The maximum absolute atomic E-state index is 12.4. The lowest BCUT2D eigenvalue weighted by molar-refractivity contribution is -0.115. The van der Waals surface area contributed by atoms with E-state index in [1.807, 2.05) is 60.7 Å². The summed E-state index contributed by atoms with van der Waals surface area (Å²) in [6.07, 6.45) is 1.81. The molecule has 1 aliphatic rings. The third-order valence-electron chi connectivity index (χ3n) is 4.95. The number of amidine groups is 1. The van der Waals surface area contributed by atoms with Crippen LogP contribution in [0.2, 0.25) is 0 Å². The fraction of sp³-hybridized carbons (Fsp3) is 0.154. The van der Waals surface area contributed by atoms with Crippen molar-refractivity contribution in [2.75, 3.05) is 14.2 Å². The molecule has 33 heavy (non-hydrogen) atoms. The highest BCUT2D eigenvalue weighted by atomic mass is 32.2. The van der Waals surface area contributed by atoms with Crippen molar-refractivity contribution in [1.82, 2.24) is 5.32 Å². The van der Waals surface area contributed by atoms with Crippen molar-refractivity contribution in [3.8, 4) is 17.2 Å². The van der Waals surface area contributed by atoms with E-state index in [0.717, 1.165) is 22.6 Å². The Bertz CT molecular complexity index is 1200. The van der Waals surface area contributed by atoms with E-state index in [-0.39, 0.29) is 5.91 Å². The third kappa shape index (κ3) is 5.75. The number of nitrogens with one attached hydrogen (secondary N) is 1. The van der Waals surface area contributed by atoms with Crippen LogP contribution >= 0.6 is 11.8 Å². The second-order valence-corrected chi connectivity index (χ2v) is 8.39. The summed E-state index contributed by atoms with van der Waals surface area (Å²) in [5.74, 6) is 1.81. The number of amides is 1. The van der Waals surface area contributed by atoms with Crippen molar-refractivity contribution < 1.29 is 19.0 Å². The summed E-state index contributed by atoms with van der Waals surface area (Å²) >= 11 is 1.29. The second kappa shape index (κ2) is 10.3. The largest absolute Gasteiger partial charge is 0.497 e. The Morgan fingerprint density at radius 1 is 0.939 bits per heavy atom. The van der Waals surface area contributed by atoms with E-state index in [1.165, 1.54) is 17.3 Å². The number of carbonyl (C=O) groups is 1. The SMILES string of the molecule is COc1ccc(N=C2NC(=O)/C(=C/c3ccc(OCc4ccc(C)cc4)c(OC)c3)S2)cc1. The lowest BCUT2D eigenvalue weighted by atomic mass is 10.1. The van der Waals surface area contributed by atoms with Crippen molar-refractivity contribution in [2.45, 2.75) is 13.5 Å². The number of aliphatic imine (C=N–C) groups is 1. The molecule has 0 aromatic heterocycles. The van der Waals surface area contributed by atoms with E-state index in [4.69, 9.17) is 14.2 Å². The van der Waals surface area contributed by atoms with Gasteiger partial charge < -0.3 is 19.5 Å². The molecule has 0 saturated carbocycles. The lowest BCUT2D eigenvalue weighted by Gasteiger charge is -2.11. The van der Waals surface area contributed by atoms with Gasteiger partial charge in [0.05, 0.1) is 24.8 Å². The molecule has 7 heteroatoms. The molecule has 0 atom stereocenters. The van der Waals surface area contributed by atoms with E-state index in [9.17, 15) is 4.79 Å². The Morgan fingerprint density at radius 3 is 2.39 bits per heavy atom. The number of nitrogens with zero attached hydrogens (tertiary/aromatic N) is 1. The maximum atomic E-state index is 12.4. The Kier molecular flexibility index (Phi) is 7.00. The highest BCUT2D eigenvalue weighted by Gasteiger charge is 2.24. The smallest absolute Gasteiger partial charge is 0.264 e. The molecule has 4 rings (SSSR count). The molecule has 1 amide bonds. The topological polar surface area (TPSA) is 69.2 Å². The minimum Gasteiger partial charge on any atom is -0.497 e. The first-order valence-electron chi connectivity index (χ1n) is 10.3. The van der Waals surface area contributed by atoms with Gasteiger partial charge >= 0.3 is 0 Å². The van der Waals surface area contributed by atoms with E-state index < -0.39 is 0 Å². The fourth-order valence-corrected chi connectivity index (χ4v) is 3.99. The highest BCUT2D eigenvalue weighted by Crippen LogP contribution is 2.33. The van der Waals surface area contributed by atoms with Crippen LogP contribution in [0.1, 0.15) is 16.7 Å². The van der Waals surface area contributed by atoms with Crippen LogP contribution in [0.25, 0.3) is 6.08 Å². The minimum atomic E-state index is -0.189. The van der Waals surface area contributed by atoms with Gasteiger partial charge in [-0.3, -0.25) is 4.79 Å². The van der Waals surface area contributed by atoms with E-state index in [1.54, 1.807) is 14.2 Å². The fourth-order valence-electron chi connectivity index (χ4n) is 3.14. The molecule has 0 aliphatic carbocycles. The van der Waals surface area contributed by atoms with Crippen LogP contribution in [0.5, 0.6) is 17.2 Å². The minimum absolute atomic E-state index is 0.189. The summed E-state index contributed by atoms with van der Waals surface area (Å²) in [7, 11) is 3.21. The van der Waals surface area contributed by atoms with Gasteiger partial charge in [0.15, 0.2) is 16.7 Å². The van der Waals surface area contributed by atoms with Gasteiger partial charge in [0.1, 0.15) is 12.4 Å². The summed E-state index contributed by atoms with van der Waals surface area (Å²) < 4.78 is 16.6. The number of carbonyl (C=O) groups excluding carboxylic acids is 1. The van der Waals surface area contributed by atoms with Crippen LogP contribution in [0.4, 0.5) is 5.69 Å². The van der Waals surface area contributed by atoms with Gasteiger partial charge in [-0.15, -0.1) is 0 Å². The van der Waals surface area contributed by atoms with Crippen molar-refractivity contribution in [3.05, 3.63) is 88.3 Å². The Balaban J connectivity index is 1.46. The van der Waals surface area contributed by atoms with Crippen LogP contribution in [-0.2, 0) is 11.4 Å². The number of aryl methyl sites for hydroxylation is 1. The summed E-state index contributed by atoms with van der Waals surface area (Å²) in [4.78, 5) is 17.5. The van der Waals surface area contributed by atoms with Crippen LogP contribution < -0.4 is 19.5 Å². The van der Waals surface area contributed by atoms with Crippen molar-refractivity contribution in [1.29, 1.82) is 0 Å². The number of thioether (sulfide) groups is 1. The molecule has 3 aromatic carbocycles. The zero-order valence-corrected chi connectivity index (χ0v) is 19.4. The van der Waals surface area contributed by atoms with Gasteiger partial charge in [-0.1, -0.05) is 35.9 Å². The average Bonchev–Trinajstić information content (AvgIpc) is 3.17. The van der Waals surface area contributed by atoms with Gasteiger partial charge in [-0.2, -0.15) is 0 Å². The molecule has 1 saturated heterocycles. The molecule has 1 fully saturated rings. The summed E-state index contributed by atoms with van der Waals surface area (Å²) in [6, 6.07) is 21.1. The highest BCUT2D eigenvalue weighted by molar-refractivity contribution is 8.18. The summed E-state index contributed by atoms with van der Waals surface area (Å²) in [5, 5.41) is 3.33. The molecule has 0 spiro atoms. The lowest BCUT2D eigenvalue weighted by Crippen LogP contribution is -2.19. The standard InChI is InChI=1S/C26H24N2O4S/c1-17-4-6-18(7-5-17)16-32-22-13-8-19(14-23(22)31-3)15-24-25(29)28-26(33-24)27-20-9-11-21(30-2)12-10-20/h4-15H,16H2,1-3H3,(H,27,28,29)/b24-15-. The first-order chi connectivity index (χ1) is 16.0. The van der Waals surface area contributed by atoms with Gasteiger partial charge in [-0.25, -0.2) is 4.99 Å². The number of methoxy groups -OCH3 is 2. The van der Waals surface area contributed by atoms with Crippen LogP contribution in [0, 0.1) is 6.92 Å². The van der Waals surface area contributed by atoms with Gasteiger partial charge in [0, 0.05) is 0 Å². The molecule has 168 valence electrons. The molecule has 1 aliphatic heterocycles. The summed E-state index contributed by atoms with van der Waals surface area (Å²) in [6.45, 7) is 2.50. The Hall–Kier alpha value is -3.71. The predicted octanol–water partition coefficient (Wildman–Crippen LogP) is 5.48. The van der Waals surface area contributed by atoms with Crippen molar-refractivity contribution in [2.24, 2.45) is 4.99 Å². The molecule has 0 radical (unpaired) electrons. The zero-order chi connectivity index (χ0) is 23.2. The Labute approximate surface area is 197 Å². The first kappa shape index (κ1) is 22.5. The van der Waals surface area contributed by atoms with Crippen LogP contribution in [0.3, 0.4) is 0 Å². The maximum Gasteiger partial charge on any atom is 0.264 e. The number of ether oxygens (including phenoxy) is 3. The quantitative estimate of drug-likeness (QED) is 0.473. The molecule has 3 aromatic rings. The average molecular weight is 461 g/mol. The molecule has 0 bridgehead atoms. The molecule has 1 heterocycles. The van der Waals surface area contributed by atoms with Gasteiger partial charge in [0.25, 0.3) is 5.91 Å². The van der Waals surface area contributed by atoms with E-state index in [0.29, 0.717) is 28.2 Å². The molecular formula is C26H24N2O4S. The van der Waals surface area contributed by atoms with Crippen molar-refractivity contribution >= 4 is 34.6 Å². The molecular weight excluding hydrogens is 436 g/mol. The second-order valence-electron chi connectivity index (χ2n) is 7.36. The number of hydrogen-bond donors (Lipinski definition) is 1. The molecule has 6 nitrogen and oxygen atoms in total. The first-order valence-corrected chi connectivity index (χ1v) is 11.2. The van der Waals surface area contributed by atoms with Crippen molar-refractivity contribution in [3.63, 3.8) is 0 Å². The van der Waals surface area contributed by atoms with Crippen LogP contribution in [0.15, 0.2) is 76.6 Å². The van der Waals surface area contributed by atoms with E-state index in [2.05, 4.69) is 29.4 Å². The Morgan fingerprint density at radius 2 is 1.70 bits per heavy atom. The number of rotatable bonds is 7. The molecule has 1 N–H and O–H groups in total. The molecule has 0 unspecified atom stereocenters. The van der Waals surface area contributed by atoms with E-state index >= 15 is 0 Å². The summed E-state index contributed by atoms with van der Waals surface area (Å²) in [5.41, 5.74) is 3.85. The normalized spacial score (nSPS) is 15.5.